The van der Waals surface area contributed by atoms with Crippen LogP contribution in [-0.4, -0.2) is 25.8 Å². The Morgan fingerprint density at radius 2 is 2.00 bits per heavy atom. The molecule has 0 aromatic rings. The van der Waals surface area contributed by atoms with E-state index in [1.165, 1.54) is 14.1 Å². The number of quaternary nitrogens is 1. The molecular weight excluding hydrogens is 66.0 g/mol. The molecule has 5 heavy (non-hydrogen) atoms. The Morgan fingerprint density at radius 1 is 1.80 bits per heavy atom. The van der Waals surface area contributed by atoms with Crippen LogP contribution >= 0.6 is 0 Å². The minimum atomic E-state index is -0.514. The van der Waals surface area contributed by atoms with Gasteiger partial charge in [0.2, 0.25) is 0 Å². The minimum absolute atomic E-state index is 0.0972. The predicted octanol–water partition coefficient (Wildman–Crippen LogP) is 0.190. The van der Waals surface area contributed by atoms with Crippen LogP contribution in [0.2, 0.25) is 0 Å². The summed E-state index contributed by atoms with van der Waals surface area (Å²) < 4.78 is 6.00. The SMILES string of the molecule is [2H]C[N+](C)(C)[O-]. The van der Waals surface area contributed by atoms with Gasteiger partial charge in [-0.05, 0) is 0 Å². The van der Waals surface area contributed by atoms with Gasteiger partial charge in [-0.3, -0.25) is 0 Å². The van der Waals surface area contributed by atoms with Crippen LogP contribution in [-0.2, 0) is 0 Å². The van der Waals surface area contributed by atoms with E-state index in [9.17, 15) is 5.21 Å². The van der Waals surface area contributed by atoms with Gasteiger partial charge in [0.1, 0.15) is 0 Å². The molecule has 0 aliphatic rings. The lowest BCUT2D eigenvalue weighted by Crippen LogP contribution is -2.25. The van der Waals surface area contributed by atoms with Crippen LogP contribution in [0.25, 0.3) is 0 Å². The van der Waals surface area contributed by atoms with Crippen LogP contribution in [0.3, 0.4) is 0 Å². The number of hydroxylamine groups is 3. The molecule has 0 spiro atoms. The fraction of sp³-hybridized carbons (Fsp3) is 1.00. The number of rotatable bonds is 0. The van der Waals surface area contributed by atoms with Crippen LogP contribution < -0.4 is 0 Å². The van der Waals surface area contributed by atoms with Crippen molar-refractivity contribution in [3.8, 4) is 0 Å². The zero-order chi connectivity index (χ0) is 5.21. The van der Waals surface area contributed by atoms with Gasteiger partial charge >= 0.3 is 0 Å². The molecule has 2 heteroatoms. The van der Waals surface area contributed by atoms with E-state index in [1.807, 2.05) is 0 Å². The molecule has 0 aromatic heterocycles. The van der Waals surface area contributed by atoms with E-state index in [2.05, 4.69) is 0 Å². The molecule has 0 fully saturated rings. The van der Waals surface area contributed by atoms with Gasteiger partial charge in [-0.25, -0.2) is 0 Å². The Hall–Kier alpha value is -0.0800. The first-order valence-electron chi connectivity index (χ1n) is 2.10. The van der Waals surface area contributed by atoms with Crippen molar-refractivity contribution < 1.29 is 6.02 Å². The average Bonchev–Trinajstić information content (AvgIpc) is 1.35. The van der Waals surface area contributed by atoms with Crippen LogP contribution in [0.4, 0.5) is 0 Å². The Morgan fingerprint density at radius 3 is 2.00 bits per heavy atom. The van der Waals surface area contributed by atoms with Gasteiger partial charge in [-0.1, -0.05) is 0 Å². The first kappa shape index (κ1) is 3.12. The molecule has 0 atom stereocenters. The molecule has 0 aliphatic heterocycles. The lowest BCUT2D eigenvalue weighted by atomic mass is 11.0. The molecule has 0 saturated carbocycles. The van der Waals surface area contributed by atoms with Crippen molar-refractivity contribution in [1.29, 1.82) is 0 Å². The first-order valence-corrected chi connectivity index (χ1v) is 1.39. The number of hydrogen-bond acceptors (Lipinski definition) is 1. The fourth-order valence-corrected chi connectivity index (χ4v) is 0. The zero-order valence-electron chi connectivity index (χ0n) is 4.56. The highest BCUT2D eigenvalue weighted by Crippen LogP contribution is 1.77. The monoisotopic (exact) mass is 76.1 g/mol. The summed E-state index contributed by atoms with van der Waals surface area (Å²) in [6.07, 6.45) is 0. The van der Waals surface area contributed by atoms with Crippen molar-refractivity contribution in [2.45, 2.75) is 0 Å². The quantitative estimate of drug-likeness (QED) is 0.298. The van der Waals surface area contributed by atoms with E-state index in [0.29, 0.717) is 0 Å². The van der Waals surface area contributed by atoms with Gasteiger partial charge < -0.3 is 9.85 Å². The van der Waals surface area contributed by atoms with Crippen LogP contribution in [0.1, 0.15) is 1.37 Å². The first-order chi connectivity index (χ1) is 2.56. The van der Waals surface area contributed by atoms with E-state index in [-0.39, 0.29) is 7.02 Å². The summed E-state index contributed by atoms with van der Waals surface area (Å²) in [6, 6.07) is 0. The molecule has 0 heterocycles. The van der Waals surface area contributed by atoms with E-state index >= 15 is 0 Å². The summed E-state index contributed by atoms with van der Waals surface area (Å²) >= 11 is 0. The third-order valence-corrected chi connectivity index (χ3v) is 0. The van der Waals surface area contributed by atoms with Crippen molar-refractivity contribution in [2.24, 2.45) is 0 Å². The summed E-state index contributed by atoms with van der Waals surface area (Å²) in [7, 11) is 2.78. The second-order valence-electron chi connectivity index (χ2n) is 1.57. The van der Waals surface area contributed by atoms with Crippen molar-refractivity contribution in [3.63, 3.8) is 0 Å². The van der Waals surface area contributed by atoms with Crippen LogP contribution in [0.15, 0.2) is 0 Å². The lowest BCUT2D eigenvalue weighted by Gasteiger charge is -2.27. The Labute approximate surface area is 33.6 Å². The van der Waals surface area contributed by atoms with Gasteiger partial charge in [-0.15, -0.1) is 0 Å². The second kappa shape index (κ2) is 0.954. The fourth-order valence-electron chi connectivity index (χ4n) is 0. The van der Waals surface area contributed by atoms with Gasteiger partial charge in [0.15, 0.2) is 0 Å². The van der Waals surface area contributed by atoms with Crippen molar-refractivity contribution in [3.05, 3.63) is 5.21 Å². The van der Waals surface area contributed by atoms with Crippen LogP contribution in [0.5, 0.6) is 0 Å². The third kappa shape index (κ3) is 2260. The van der Waals surface area contributed by atoms with Crippen molar-refractivity contribution in [1.82, 2.24) is 0 Å². The lowest BCUT2D eigenvalue weighted by molar-refractivity contribution is -0.818. The maximum absolute atomic E-state index is 10.2. The summed E-state index contributed by atoms with van der Waals surface area (Å²) in [5, 5.41) is 10.2. The topological polar surface area (TPSA) is 23.1 Å². The molecule has 0 N–H and O–H groups in total. The molecule has 0 saturated heterocycles. The van der Waals surface area contributed by atoms with Gasteiger partial charge in [-0.2, -0.15) is 0 Å². The van der Waals surface area contributed by atoms with E-state index in [4.69, 9.17) is 1.37 Å². The smallest absolute Gasteiger partial charge is 0.0889 e. The summed E-state index contributed by atoms with van der Waals surface area (Å²) in [6.45, 7) is 0. The molecule has 0 aromatic carbocycles. The van der Waals surface area contributed by atoms with Gasteiger partial charge in [0, 0.05) is 0 Å². The molecule has 0 rings (SSSR count). The van der Waals surface area contributed by atoms with Crippen molar-refractivity contribution >= 4 is 0 Å². The summed E-state index contributed by atoms with van der Waals surface area (Å²) in [5.74, 6) is 0. The molecule has 0 aliphatic carbocycles. The van der Waals surface area contributed by atoms with Gasteiger partial charge in [0.05, 0.1) is 22.5 Å². The average molecular weight is 76.1 g/mol. The highest BCUT2D eigenvalue weighted by atomic mass is 16.5. The maximum atomic E-state index is 10.2. The summed E-state index contributed by atoms with van der Waals surface area (Å²) in [5.41, 5.74) is 0. The van der Waals surface area contributed by atoms with Crippen molar-refractivity contribution in [2.75, 3.05) is 21.1 Å². The summed E-state index contributed by atoms with van der Waals surface area (Å²) in [4.78, 5) is 0. The Bertz CT molecular complexity index is 40.5. The van der Waals surface area contributed by atoms with Gasteiger partial charge in [0.25, 0.3) is 0 Å². The number of hydrogen-bond donors (Lipinski definition) is 0. The molecular formula is C3H9NO. The predicted molar refractivity (Wildman–Crippen MR) is 21.4 cm³/mol. The zero-order valence-corrected chi connectivity index (χ0v) is 3.56. The van der Waals surface area contributed by atoms with E-state index in [0.717, 1.165) is 0 Å². The maximum Gasteiger partial charge on any atom is 0.0889 e. The highest BCUT2D eigenvalue weighted by molar-refractivity contribution is 4.05. The minimum Gasteiger partial charge on any atom is -0.633 e. The molecule has 32 valence electrons. The third-order valence-electron chi connectivity index (χ3n) is 0. The van der Waals surface area contributed by atoms with Crippen LogP contribution in [0, 0.1) is 5.21 Å². The normalized spacial score (nSPS) is 14.6. The molecule has 0 bridgehead atoms. The Balaban J connectivity index is 3.17. The number of nitrogens with zero attached hydrogens (tertiary/aromatic N) is 1. The largest absolute Gasteiger partial charge is 0.633 e. The highest BCUT2D eigenvalue weighted by Gasteiger charge is 1.79. The Kier molecular flexibility index (Phi) is 0.596. The second-order valence-corrected chi connectivity index (χ2v) is 1.57. The van der Waals surface area contributed by atoms with E-state index in [1.54, 1.807) is 0 Å². The standard InChI is InChI=1S/C3H9NO/c1-4(2,3)5/h1-3H3/i1D. The molecule has 0 unspecified atom stereocenters. The molecule has 0 amide bonds. The molecule has 0 radical (unpaired) electrons. The molecule has 2 nitrogen and oxygen atoms in total. The van der Waals surface area contributed by atoms with E-state index < -0.39 is 4.65 Å².